The fraction of sp³-hybridized carbons (Fsp3) is 0.800. The van der Waals surface area contributed by atoms with E-state index < -0.39 is 5.41 Å². The molecule has 0 aliphatic rings. The summed E-state index contributed by atoms with van der Waals surface area (Å²) < 4.78 is 0. The van der Waals surface area contributed by atoms with Gasteiger partial charge in [-0.2, -0.15) is 10.5 Å². The van der Waals surface area contributed by atoms with Gasteiger partial charge in [-0.1, -0.05) is 27.7 Å². The van der Waals surface area contributed by atoms with Crippen molar-refractivity contribution in [1.29, 1.82) is 10.5 Å². The van der Waals surface area contributed by atoms with E-state index in [1.165, 1.54) is 0 Å². The van der Waals surface area contributed by atoms with Crippen LogP contribution in [0, 0.1) is 33.5 Å². The maximum Gasteiger partial charge on any atom is 0.148 e. The predicted octanol–water partition coefficient (Wildman–Crippen LogP) is 2.87. The van der Waals surface area contributed by atoms with E-state index >= 15 is 0 Å². The van der Waals surface area contributed by atoms with Gasteiger partial charge in [0.15, 0.2) is 0 Å². The van der Waals surface area contributed by atoms with E-state index in [-0.39, 0.29) is 5.41 Å². The lowest BCUT2D eigenvalue weighted by atomic mass is 9.64. The molecule has 0 spiro atoms. The van der Waals surface area contributed by atoms with E-state index in [9.17, 15) is 0 Å². The van der Waals surface area contributed by atoms with Crippen LogP contribution in [0.3, 0.4) is 0 Å². The summed E-state index contributed by atoms with van der Waals surface area (Å²) in [6, 6.07) is 4.29. The first-order chi connectivity index (χ1) is 5.49. The van der Waals surface area contributed by atoms with Crippen molar-refractivity contribution >= 4 is 0 Å². The molecule has 0 bridgehead atoms. The summed E-state index contributed by atoms with van der Waals surface area (Å²) in [5.41, 5.74) is -1.03. The Labute approximate surface area is 74.8 Å². The van der Waals surface area contributed by atoms with Crippen LogP contribution in [0.15, 0.2) is 0 Å². The number of hydrogen-bond donors (Lipinski definition) is 0. The van der Waals surface area contributed by atoms with Crippen LogP contribution in [-0.4, -0.2) is 0 Å². The summed E-state index contributed by atoms with van der Waals surface area (Å²) in [7, 11) is 0. The zero-order chi connectivity index (χ0) is 9.83. The first kappa shape index (κ1) is 11.0. The quantitative estimate of drug-likeness (QED) is 0.644. The topological polar surface area (TPSA) is 47.6 Å². The molecule has 0 aromatic carbocycles. The largest absolute Gasteiger partial charge is 0.197 e. The van der Waals surface area contributed by atoms with Crippen molar-refractivity contribution in [2.75, 3.05) is 0 Å². The van der Waals surface area contributed by atoms with E-state index in [1.807, 2.05) is 27.7 Å². The summed E-state index contributed by atoms with van der Waals surface area (Å²) in [4.78, 5) is 0. The number of hydrogen-bond acceptors (Lipinski definition) is 2. The summed E-state index contributed by atoms with van der Waals surface area (Å²) in [6.45, 7) is 7.86. The number of nitriles is 2. The Balaban J connectivity index is 5.03. The molecule has 0 saturated heterocycles. The lowest BCUT2D eigenvalue weighted by molar-refractivity contribution is 0.180. The fourth-order valence-electron chi connectivity index (χ4n) is 1.27. The molecule has 0 N–H and O–H groups in total. The monoisotopic (exact) mass is 164 g/mol. The van der Waals surface area contributed by atoms with E-state index in [2.05, 4.69) is 12.1 Å². The molecule has 2 heteroatoms. The Morgan fingerprint density at radius 1 is 1.00 bits per heavy atom. The lowest BCUT2D eigenvalue weighted by Gasteiger charge is -2.34. The van der Waals surface area contributed by atoms with Gasteiger partial charge < -0.3 is 0 Å². The second kappa shape index (κ2) is 3.59. The minimum absolute atomic E-state index is 0.217. The molecule has 0 aliphatic heterocycles. The van der Waals surface area contributed by atoms with Crippen molar-refractivity contribution in [3.8, 4) is 12.1 Å². The molecule has 0 radical (unpaired) electrons. The van der Waals surface area contributed by atoms with Crippen LogP contribution < -0.4 is 0 Å². The van der Waals surface area contributed by atoms with E-state index in [0.29, 0.717) is 6.42 Å². The third-order valence-electron chi connectivity index (χ3n) is 2.95. The Morgan fingerprint density at radius 2 is 1.42 bits per heavy atom. The normalized spacial score (nSPS) is 11.8. The maximum atomic E-state index is 8.97. The van der Waals surface area contributed by atoms with E-state index in [1.54, 1.807) is 0 Å². The van der Waals surface area contributed by atoms with Crippen molar-refractivity contribution in [3.63, 3.8) is 0 Å². The third kappa shape index (κ3) is 1.43. The van der Waals surface area contributed by atoms with Crippen molar-refractivity contribution in [3.05, 3.63) is 0 Å². The molecule has 0 atom stereocenters. The minimum Gasteiger partial charge on any atom is -0.197 e. The van der Waals surface area contributed by atoms with Crippen molar-refractivity contribution in [2.45, 2.75) is 40.5 Å². The van der Waals surface area contributed by atoms with Gasteiger partial charge in [0.25, 0.3) is 0 Å². The minimum atomic E-state index is -0.818. The Kier molecular flexibility index (Phi) is 3.28. The second-order valence-electron chi connectivity index (χ2n) is 3.72. The van der Waals surface area contributed by atoms with Gasteiger partial charge in [0.05, 0.1) is 12.1 Å². The van der Waals surface area contributed by atoms with Crippen LogP contribution >= 0.6 is 0 Å². The Hall–Kier alpha value is -1.02. The molecule has 0 amide bonds. The van der Waals surface area contributed by atoms with Gasteiger partial charge in [-0.3, -0.25) is 0 Å². The molecule has 0 rings (SSSR count). The highest BCUT2D eigenvalue weighted by Crippen LogP contribution is 2.43. The summed E-state index contributed by atoms with van der Waals surface area (Å²) in [5.74, 6) is 0. The van der Waals surface area contributed by atoms with Gasteiger partial charge in [-0.15, -0.1) is 0 Å². The van der Waals surface area contributed by atoms with E-state index in [4.69, 9.17) is 10.5 Å². The van der Waals surface area contributed by atoms with Crippen LogP contribution in [0.4, 0.5) is 0 Å². The molecule has 66 valence electrons. The molecule has 0 aliphatic carbocycles. The lowest BCUT2D eigenvalue weighted by Crippen LogP contribution is -2.34. The molecule has 0 heterocycles. The SMILES string of the molecule is CCC(C)(C)C(C#N)(C#N)CC. The molecule has 12 heavy (non-hydrogen) atoms. The molecular weight excluding hydrogens is 148 g/mol. The highest BCUT2D eigenvalue weighted by molar-refractivity contribution is 5.18. The van der Waals surface area contributed by atoms with Gasteiger partial charge in [-0.25, -0.2) is 0 Å². The van der Waals surface area contributed by atoms with Crippen LogP contribution in [0.25, 0.3) is 0 Å². The zero-order valence-corrected chi connectivity index (χ0v) is 8.31. The van der Waals surface area contributed by atoms with Crippen molar-refractivity contribution in [2.24, 2.45) is 10.8 Å². The third-order valence-corrected chi connectivity index (χ3v) is 2.95. The molecule has 0 fully saturated rings. The van der Waals surface area contributed by atoms with Crippen LogP contribution in [-0.2, 0) is 0 Å². The predicted molar refractivity (Wildman–Crippen MR) is 48.0 cm³/mol. The Morgan fingerprint density at radius 3 is 1.50 bits per heavy atom. The zero-order valence-electron chi connectivity index (χ0n) is 8.31. The summed E-state index contributed by atoms with van der Waals surface area (Å²) in [5, 5.41) is 17.9. The van der Waals surface area contributed by atoms with Crippen molar-refractivity contribution in [1.82, 2.24) is 0 Å². The molecular formula is C10H16N2. The molecule has 0 aromatic heterocycles. The molecule has 0 aromatic rings. The first-order valence-electron chi connectivity index (χ1n) is 4.32. The summed E-state index contributed by atoms with van der Waals surface area (Å²) in [6.07, 6.45) is 1.45. The number of nitrogens with zero attached hydrogens (tertiary/aromatic N) is 2. The van der Waals surface area contributed by atoms with Gasteiger partial charge in [0, 0.05) is 0 Å². The standard InChI is InChI=1S/C10H16N2/c1-5-9(3,4)10(6-2,7-11)8-12/h5-6H2,1-4H3. The smallest absolute Gasteiger partial charge is 0.148 e. The highest BCUT2D eigenvalue weighted by atomic mass is 14.5. The second-order valence-corrected chi connectivity index (χ2v) is 3.72. The average Bonchev–Trinajstić information content (AvgIpc) is 2.08. The molecule has 2 nitrogen and oxygen atoms in total. The van der Waals surface area contributed by atoms with Crippen LogP contribution in [0.5, 0.6) is 0 Å². The molecule has 0 unspecified atom stereocenters. The van der Waals surface area contributed by atoms with Crippen LogP contribution in [0.2, 0.25) is 0 Å². The van der Waals surface area contributed by atoms with E-state index in [0.717, 1.165) is 6.42 Å². The molecule has 0 saturated carbocycles. The van der Waals surface area contributed by atoms with Crippen molar-refractivity contribution < 1.29 is 0 Å². The maximum absolute atomic E-state index is 8.97. The van der Waals surface area contributed by atoms with Gasteiger partial charge in [-0.05, 0) is 18.3 Å². The highest BCUT2D eigenvalue weighted by Gasteiger charge is 2.43. The van der Waals surface area contributed by atoms with Gasteiger partial charge in [0.2, 0.25) is 0 Å². The van der Waals surface area contributed by atoms with Crippen LogP contribution in [0.1, 0.15) is 40.5 Å². The average molecular weight is 164 g/mol. The first-order valence-corrected chi connectivity index (χ1v) is 4.32. The Bertz CT molecular complexity index is 213. The summed E-state index contributed by atoms with van der Waals surface area (Å²) >= 11 is 0. The number of rotatable bonds is 3. The fourth-order valence-corrected chi connectivity index (χ4v) is 1.27. The van der Waals surface area contributed by atoms with Gasteiger partial charge >= 0.3 is 0 Å². The van der Waals surface area contributed by atoms with Gasteiger partial charge in [0.1, 0.15) is 5.41 Å².